The van der Waals surface area contributed by atoms with Crippen molar-refractivity contribution in [1.29, 1.82) is 0 Å². The monoisotopic (exact) mass is 333 g/mol. The topological polar surface area (TPSA) is 38.8 Å². The van der Waals surface area contributed by atoms with Gasteiger partial charge in [-0.2, -0.15) is 0 Å². The fourth-order valence-electron chi connectivity index (χ4n) is 0.965. The summed E-state index contributed by atoms with van der Waals surface area (Å²) in [5.74, 6) is 0. The number of nitrogens with zero attached hydrogens (tertiary/aromatic N) is 1. The summed E-state index contributed by atoms with van der Waals surface area (Å²) >= 11 is 3.25. The third-order valence-corrected chi connectivity index (χ3v) is 6.36. The molecule has 16 heavy (non-hydrogen) atoms. The van der Waals surface area contributed by atoms with Crippen molar-refractivity contribution in [2.75, 3.05) is 19.8 Å². The van der Waals surface area contributed by atoms with E-state index >= 15 is 0 Å². The molecule has 0 rings (SSSR count). The first-order valence-corrected chi connectivity index (χ1v) is 9.71. The van der Waals surface area contributed by atoms with E-state index in [4.69, 9.17) is 9.05 Å². The average Bonchev–Trinajstić information content (AvgIpc) is 2.30. The van der Waals surface area contributed by atoms with Gasteiger partial charge < -0.3 is 0 Å². The van der Waals surface area contributed by atoms with Gasteiger partial charge in [0.1, 0.15) is 0 Å². The first-order valence-electron chi connectivity index (χ1n) is 5.60. The molecule has 0 N–H and O–H groups in total. The van der Waals surface area contributed by atoms with Crippen molar-refractivity contribution in [3.63, 3.8) is 0 Å². The molecule has 0 fully saturated rings. The zero-order valence-electron chi connectivity index (χ0n) is 10.1. The number of hydrogen-bond acceptors (Lipinski definition) is 4. The van der Waals surface area contributed by atoms with Crippen LogP contribution < -0.4 is 0 Å². The Labute approximate surface area is 110 Å². The first-order chi connectivity index (χ1) is 7.64. The highest BCUT2D eigenvalue weighted by Gasteiger charge is 2.33. The Morgan fingerprint density at radius 3 is 1.94 bits per heavy atom. The van der Waals surface area contributed by atoms with E-state index in [0.717, 1.165) is 19.3 Å². The lowest BCUT2D eigenvalue weighted by atomic mass is 10.5. The van der Waals surface area contributed by atoms with E-state index in [2.05, 4.69) is 14.8 Å². The molecule has 0 aromatic rings. The number of hydrogen-bond donors (Lipinski definition) is 0. The Balaban J connectivity index is 4.52. The molecule has 0 atom stereocenters. The molecule has 0 saturated carbocycles. The molecule has 0 unspecified atom stereocenters. The smallest absolute Gasteiger partial charge is 0.296 e. The fraction of sp³-hybridized carbons (Fsp3) is 1.00. The predicted octanol–water partition coefficient (Wildman–Crippen LogP) is 4.62. The molecule has 0 saturated heterocycles. The Hall–Kier alpha value is 0.940. The van der Waals surface area contributed by atoms with Crippen molar-refractivity contribution in [2.24, 2.45) is 0 Å². The predicted molar refractivity (Wildman–Crippen MR) is 73.6 cm³/mol. The lowest BCUT2D eigenvalue weighted by molar-refractivity contribution is 0.180. The fourth-order valence-corrected chi connectivity index (χ4v) is 5.27. The third-order valence-electron chi connectivity index (χ3n) is 1.68. The molecule has 0 bridgehead atoms. The summed E-state index contributed by atoms with van der Waals surface area (Å²) < 4.78 is 24.9. The van der Waals surface area contributed by atoms with Gasteiger partial charge in [0.05, 0.1) is 13.2 Å². The molecule has 0 radical (unpaired) electrons. The van der Waals surface area contributed by atoms with Gasteiger partial charge in [-0.1, -0.05) is 20.8 Å². The van der Waals surface area contributed by atoms with Gasteiger partial charge >= 0.3 is 7.75 Å². The molecule has 0 aromatic carbocycles. The highest BCUT2D eigenvalue weighted by atomic mass is 79.9. The van der Waals surface area contributed by atoms with Gasteiger partial charge in [0.15, 0.2) is 0 Å². The van der Waals surface area contributed by atoms with Crippen LogP contribution in [0, 0.1) is 0 Å². The van der Waals surface area contributed by atoms with Crippen LogP contribution in [0.5, 0.6) is 0 Å². The molecule has 0 aromatic heterocycles. The third kappa shape index (κ3) is 6.03. The molecular formula is C9H21BrNO3PS. The van der Waals surface area contributed by atoms with Crippen LogP contribution in [-0.4, -0.2) is 23.8 Å². The number of rotatable bonds is 10. The molecule has 0 aliphatic heterocycles. The molecule has 7 heteroatoms. The minimum atomic E-state index is -3.13. The quantitative estimate of drug-likeness (QED) is 0.431. The van der Waals surface area contributed by atoms with Crippen molar-refractivity contribution >= 4 is 32.9 Å². The molecule has 0 amide bonds. The lowest BCUT2D eigenvalue weighted by Gasteiger charge is -2.26. The van der Waals surface area contributed by atoms with Crippen molar-refractivity contribution in [3.05, 3.63) is 0 Å². The summed E-state index contributed by atoms with van der Waals surface area (Å²) in [6, 6.07) is 0. The maximum Gasteiger partial charge on any atom is 0.418 e. The largest absolute Gasteiger partial charge is 0.418 e. The van der Waals surface area contributed by atoms with Gasteiger partial charge in [-0.3, -0.25) is 9.05 Å². The van der Waals surface area contributed by atoms with Gasteiger partial charge in [-0.15, -0.1) is 4.08 Å². The normalized spacial score (nSPS) is 12.3. The molecule has 98 valence electrons. The summed E-state index contributed by atoms with van der Waals surface area (Å²) in [7, 11) is -1.89. The molecule has 0 heterocycles. The Morgan fingerprint density at radius 2 is 1.62 bits per heavy atom. The van der Waals surface area contributed by atoms with Crippen LogP contribution in [0.15, 0.2) is 0 Å². The second-order valence-corrected chi connectivity index (χ2v) is 6.93. The SMILES string of the molecule is CCCOP(=O)(OCCC)N(CCC)SBr. The minimum absolute atomic E-state index is 0.453. The van der Waals surface area contributed by atoms with Crippen LogP contribution >= 0.6 is 32.9 Å². The maximum atomic E-state index is 12.5. The van der Waals surface area contributed by atoms with Crippen LogP contribution in [0.25, 0.3) is 0 Å². The van der Waals surface area contributed by atoms with Crippen molar-refractivity contribution in [2.45, 2.75) is 40.0 Å². The van der Waals surface area contributed by atoms with Gasteiger partial charge in [-0.25, -0.2) is 4.57 Å². The first kappa shape index (κ1) is 16.9. The summed E-state index contributed by atoms with van der Waals surface area (Å²) in [5.41, 5.74) is 0. The van der Waals surface area contributed by atoms with Crippen molar-refractivity contribution in [1.82, 2.24) is 4.08 Å². The standard InChI is InChI=1S/C9H21BrNO3PS/c1-4-7-11(16-10)15(12,13-8-5-2)14-9-6-3/h4-9H2,1-3H3. The van der Waals surface area contributed by atoms with E-state index in [9.17, 15) is 4.57 Å². The summed E-state index contributed by atoms with van der Waals surface area (Å²) in [6.07, 6.45) is 2.55. The highest BCUT2D eigenvalue weighted by molar-refractivity contribution is 9.49. The Kier molecular flexibility index (Phi) is 10.5. The second-order valence-electron chi connectivity index (χ2n) is 3.28. The summed E-state index contributed by atoms with van der Waals surface area (Å²) in [4.78, 5) is 0. The second kappa shape index (κ2) is 9.92. The van der Waals surface area contributed by atoms with E-state index in [0.29, 0.717) is 19.8 Å². The molecule has 0 aliphatic carbocycles. The van der Waals surface area contributed by atoms with E-state index in [1.165, 1.54) is 10.4 Å². The highest BCUT2D eigenvalue weighted by Crippen LogP contribution is 2.56. The van der Waals surface area contributed by atoms with Gasteiger partial charge in [0.25, 0.3) is 0 Å². The van der Waals surface area contributed by atoms with Crippen LogP contribution in [0.3, 0.4) is 0 Å². The Morgan fingerprint density at radius 1 is 1.12 bits per heavy atom. The minimum Gasteiger partial charge on any atom is -0.296 e. The molecule has 0 aliphatic rings. The zero-order valence-corrected chi connectivity index (χ0v) is 13.4. The Bertz CT molecular complexity index is 209. The van der Waals surface area contributed by atoms with Gasteiger partial charge in [0, 0.05) is 31.7 Å². The average molecular weight is 334 g/mol. The van der Waals surface area contributed by atoms with E-state index in [1.54, 1.807) is 4.08 Å². The van der Waals surface area contributed by atoms with Crippen LogP contribution in [-0.2, 0) is 13.6 Å². The van der Waals surface area contributed by atoms with Crippen LogP contribution in [0.4, 0.5) is 0 Å². The van der Waals surface area contributed by atoms with Crippen molar-refractivity contribution in [3.8, 4) is 0 Å². The lowest BCUT2D eigenvalue weighted by Crippen LogP contribution is -2.16. The van der Waals surface area contributed by atoms with Gasteiger partial charge in [0.2, 0.25) is 0 Å². The summed E-state index contributed by atoms with van der Waals surface area (Å²) in [5, 5.41) is 0. The number of halogens is 1. The van der Waals surface area contributed by atoms with E-state index in [1.807, 2.05) is 20.8 Å². The van der Waals surface area contributed by atoms with E-state index in [-0.39, 0.29) is 0 Å². The van der Waals surface area contributed by atoms with Gasteiger partial charge in [-0.05, 0) is 19.3 Å². The van der Waals surface area contributed by atoms with Crippen molar-refractivity contribution < 1.29 is 13.6 Å². The summed E-state index contributed by atoms with van der Waals surface area (Å²) in [6.45, 7) is 7.57. The van der Waals surface area contributed by atoms with Crippen LogP contribution in [0.2, 0.25) is 0 Å². The molecule has 0 spiro atoms. The molecular weight excluding hydrogens is 313 g/mol. The zero-order chi connectivity index (χ0) is 12.4. The van der Waals surface area contributed by atoms with E-state index < -0.39 is 7.75 Å². The van der Waals surface area contributed by atoms with Crippen LogP contribution in [0.1, 0.15) is 40.0 Å². The molecule has 4 nitrogen and oxygen atoms in total. The maximum absolute atomic E-state index is 12.5.